The molecule has 0 fully saturated rings. The highest BCUT2D eigenvalue weighted by Gasteiger charge is 2.11. The van der Waals surface area contributed by atoms with Crippen LogP contribution in [0.4, 0.5) is 0 Å². The number of benzene rings is 1. The summed E-state index contributed by atoms with van der Waals surface area (Å²) in [6.45, 7) is 6.68. The molecule has 0 aliphatic heterocycles. The van der Waals surface area contributed by atoms with Crippen molar-refractivity contribution in [3.8, 4) is 0 Å². The van der Waals surface area contributed by atoms with Crippen LogP contribution >= 0.6 is 23.2 Å². The average molecular weight is 231 g/mol. The summed E-state index contributed by atoms with van der Waals surface area (Å²) in [4.78, 5) is 0. The van der Waals surface area contributed by atoms with E-state index in [1.165, 1.54) is 0 Å². The highest BCUT2D eigenvalue weighted by Crippen LogP contribution is 2.26. The maximum Gasteiger partial charge on any atom is 0.0439 e. The quantitative estimate of drug-likeness (QED) is 0.673. The Morgan fingerprint density at radius 3 is 2.36 bits per heavy atom. The highest BCUT2D eigenvalue weighted by molar-refractivity contribution is 6.33. The van der Waals surface area contributed by atoms with Crippen molar-refractivity contribution in [2.24, 2.45) is 5.41 Å². The zero-order chi connectivity index (χ0) is 10.8. The minimum atomic E-state index is 0.339. The molecule has 0 bridgehead atoms. The predicted molar refractivity (Wildman–Crippen MR) is 64.2 cm³/mol. The molecule has 0 spiro atoms. The van der Waals surface area contributed by atoms with Crippen LogP contribution < -0.4 is 0 Å². The van der Waals surface area contributed by atoms with Gasteiger partial charge in [-0.15, -0.1) is 0 Å². The molecular weight excluding hydrogens is 215 g/mol. The second-order valence-corrected chi connectivity index (χ2v) is 5.64. The fourth-order valence-corrected chi connectivity index (χ4v) is 1.65. The third kappa shape index (κ3) is 3.89. The summed E-state index contributed by atoms with van der Waals surface area (Å²) >= 11 is 12.0. The van der Waals surface area contributed by atoms with Crippen molar-refractivity contribution in [3.05, 3.63) is 33.8 Å². The molecule has 0 unspecified atom stereocenters. The molecule has 78 valence electrons. The van der Waals surface area contributed by atoms with Crippen LogP contribution in [0.3, 0.4) is 0 Å². The van der Waals surface area contributed by atoms with E-state index >= 15 is 0 Å². The molecule has 0 nitrogen and oxygen atoms in total. The molecule has 0 amide bonds. The van der Waals surface area contributed by atoms with E-state index in [9.17, 15) is 0 Å². The van der Waals surface area contributed by atoms with E-state index in [-0.39, 0.29) is 0 Å². The molecule has 0 aliphatic carbocycles. The molecule has 0 heterocycles. The van der Waals surface area contributed by atoms with Crippen molar-refractivity contribution in [2.75, 3.05) is 0 Å². The Kier molecular flexibility index (Phi) is 3.86. The van der Waals surface area contributed by atoms with Crippen molar-refractivity contribution >= 4 is 23.2 Å². The predicted octanol–water partition coefficient (Wildman–Crippen LogP) is 4.97. The zero-order valence-electron chi connectivity index (χ0n) is 8.90. The Hall–Kier alpha value is -0.200. The van der Waals surface area contributed by atoms with E-state index in [0.717, 1.165) is 28.5 Å². The Morgan fingerprint density at radius 1 is 1.14 bits per heavy atom. The maximum atomic E-state index is 6.07. The zero-order valence-corrected chi connectivity index (χ0v) is 10.4. The summed E-state index contributed by atoms with van der Waals surface area (Å²) in [5.74, 6) is 0. The first kappa shape index (κ1) is 11.9. The first-order valence-corrected chi connectivity index (χ1v) is 5.58. The third-order valence-corrected chi connectivity index (χ3v) is 2.76. The van der Waals surface area contributed by atoms with E-state index in [4.69, 9.17) is 23.2 Å². The molecule has 0 aliphatic rings. The van der Waals surface area contributed by atoms with Gasteiger partial charge in [-0.2, -0.15) is 0 Å². The molecule has 1 rings (SSSR count). The second kappa shape index (κ2) is 4.55. The van der Waals surface area contributed by atoms with Crippen LogP contribution in [0.15, 0.2) is 18.2 Å². The number of rotatable bonds is 2. The normalized spacial score (nSPS) is 11.8. The van der Waals surface area contributed by atoms with Gasteiger partial charge in [0.2, 0.25) is 0 Å². The fraction of sp³-hybridized carbons (Fsp3) is 0.500. The first-order valence-electron chi connectivity index (χ1n) is 4.82. The van der Waals surface area contributed by atoms with Crippen molar-refractivity contribution < 1.29 is 0 Å². The van der Waals surface area contributed by atoms with Crippen LogP contribution in [0.25, 0.3) is 0 Å². The van der Waals surface area contributed by atoms with E-state index in [1.54, 1.807) is 0 Å². The van der Waals surface area contributed by atoms with Crippen LogP contribution in [0, 0.1) is 5.41 Å². The molecule has 0 saturated heterocycles. The molecule has 2 heteroatoms. The summed E-state index contributed by atoms with van der Waals surface area (Å²) in [6.07, 6.45) is 2.11. The minimum absolute atomic E-state index is 0.339. The SMILES string of the molecule is CC(C)(C)CCc1cc(Cl)ccc1Cl. The lowest BCUT2D eigenvalue weighted by Crippen LogP contribution is -2.06. The van der Waals surface area contributed by atoms with Crippen molar-refractivity contribution in [1.82, 2.24) is 0 Å². The monoisotopic (exact) mass is 230 g/mol. The standard InChI is InChI=1S/C12H16Cl2/c1-12(2,3)7-6-9-8-10(13)4-5-11(9)14/h4-5,8H,6-7H2,1-3H3. The number of aryl methyl sites for hydroxylation is 1. The van der Waals surface area contributed by atoms with Gasteiger partial charge in [-0.3, -0.25) is 0 Å². The summed E-state index contributed by atoms with van der Waals surface area (Å²) in [5, 5.41) is 1.58. The average Bonchev–Trinajstić information content (AvgIpc) is 2.05. The van der Waals surface area contributed by atoms with Crippen molar-refractivity contribution in [2.45, 2.75) is 33.6 Å². The maximum absolute atomic E-state index is 6.07. The van der Waals surface area contributed by atoms with Crippen LogP contribution in [0.1, 0.15) is 32.8 Å². The summed E-state index contributed by atoms with van der Waals surface area (Å²) in [6, 6.07) is 5.64. The number of hydrogen-bond donors (Lipinski definition) is 0. The Bertz CT molecular complexity index is 311. The van der Waals surface area contributed by atoms with E-state index in [0.29, 0.717) is 5.41 Å². The molecular formula is C12H16Cl2. The Balaban J connectivity index is 2.72. The largest absolute Gasteiger partial charge is 0.0843 e. The van der Waals surface area contributed by atoms with Gasteiger partial charge in [0.1, 0.15) is 0 Å². The van der Waals surface area contributed by atoms with Gasteiger partial charge in [-0.1, -0.05) is 44.0 Å². The number of hydrogen-bond acceptors (Lipinski definition) is 0. The van der Waals surface area contributed by atoms with Crippen LogP contribution in [-0.2, 0) is 6.42 Å². The molecule has 0 atom stereocenters. The van der Waals surface area contributed by atoms with Gasteiger partial charge >= 0.3 is 0 Å². The lowest BCUT2D eigenvalue weighted by Gasteiger charge is -2.18. The highest BCUT2D eigenvalue weighted by atomic mass is 35.5. The molecule has 1 aromatic carbocycles. The van der Waals surface area contributed by atoms with Crippen molar-refractivity contribution in [1.29, 1.82) is 0 Å². The molecule has 0 N–H and O–H groups in total. The lowest BCUT2D eigenvalue weighted by molar-refractivity contribution is 0.378. The summed E-state index contributed by atoms with van der Waals surface area (Å²) in [5.41, 5.74) is 1.49. The van der Waals surface area contributed by atoms with Gasteiger partial charge in [-0.25, -0.2) is 0 Å². The Morgan fingerprint density at radius 2 is 1.79 bits per heavy atom. The topological polar surface area (TPSA) is 0 Å². The van der Waals surface area contributed by atoms with Gasteiger partial charge in [0.25, 0.3) is 0 Å². The fourth-order valence-electron chi connectivity index (χ4n) is 1.24. The van der Waals surface area contributed by atoms with E-state index in [2.05, 4.69) is 20.8 Å². The van der Waals surface area contributed by atoms with Crippen LogP contribution in [0.5, 0.6) is 0 Å². The van der Waals surface area contributed by atoms with Crippen LogP contribution in [-0.4, -0.2) is 0 Å². The lowest BCUT2D eigenvalue weighted by atomic mass is 9.89. The molecule has 14 heavy (non-hydrogen) atoms. The first-order chi connectivity index (χ1) is 6.38. The van der Waals surface area contributed by atoms with Gasteiger partial charge in [0.05, 0.1) is 0 Å². The van der Waals surface area contributed by atoms with Gasteiger partial charge in [0.15, 0.2) is 0 Å². The number of halogens is 2. The van der Waals surface area contributed by atoms with Crippen molar-refractivity contribution in [3.63, 3.8) is 0 Å². The van der Waals surface area contributed by atoms with Gasteiger partial charge < -0.3 is 0 Å². The molecule has 0 radical (unpaired) electrons. The van der Waals surface area contributed by atoms with Crippen LogP contribution in [0.2, 0.25) is 10.0 Å². The molecule has 0 saturated carbocycles. The minimum Gasteiger partial charge on any atom is -0.0843 e. The van der Waals surface area contributed by atoms with Gasteiger partial charge in [-0.05, 0) is 42.0 Å². The Labute approximate surface area is 96.2 Å². The smallest absolute Gasteiger partial charge is 0.0439 e. The summed E-state index contributed by atoms with van der Waals surface area (Å²) in [7, 11) is 0. The second-order valence-electron chi connectivity index (χ2n) is 4.80. The van der Waals surface area contributed by atoms with E-state index in [1.807, 2.05) is 18.2 Å². The third-order valence-electron chi connectivity index (χ3n) is 2.15. The molecule has 0 aromatic heterocycles. The van der Waals surface area contributed by atoms with E-state index < -0.39 is 0 Å². The van der Waals surface area contributed by atoms with Gasteiger partial charge in [0, 0.05) is 10.0 Å². The molecule has 1 aromatic rings. The summed E-state index contributed by atoms with van der Waals surface area (Å²) < 4.78 is 0.